The van der Waals surface area contributed by atoms with E-state index in [2.05, 4.69) is 10.1 Å². The van der Waals surface area contributed by atoms with Gasteiger partial charge in [-0.15, -0.1) is 0 Å². The second-order valence-electron chi connectivity index (χ2n) is 1.71. The highest BCUT2D eigenvalue weighted by atomic mass is 16.5. The van der Waals surface area contributed by atoms with E-state index in [9.17, 15) is 9.59 Å². The van der Waals surface area contributed by atoms with Gasteiger partial charge in [0, 0.05) is 13.8 Å². The maximum atomic E-state index is 10.2. The van der Waals surface area contributed by atoms with Crippen molar-refractivity contribution in [2.45, 2.75) is 13.8 Å². The molecule has 0 aromatic carbocycles. The summed E-state index contributed by atoms with van der Waals surface area (Å²) >= 11 is 0. The number of esters is 1. The maximum Gasteiger partial charge on any atom is 0.302 e. The van der Waals surface area contributed by atoms with Gasteiger partial charge < -0.3 is 10.1 Å². The molecular weight excluding hydrogens is 134 g/mol. The lowest BCUT2D eigenvalue weighted by Gasteiger charge is -2.00. The Hall–Kier alpha value is -1.06. The molecule has 0 heterocycles. The molecule has 10 heavy (non-hydrogen) atoms. The molecule has 4 heteroatoms. The summed E-state index contributed by atoms with van der Waals surface area (Å²) in [6.07, 6.45) is 0. The van der Waals surface area contributed by atoms with Crippen molar-refractivity contribution in [2.24, 2.45) is 0 Å². The molecule has 1 N–H and O–H groups in total. The Kier molecular flexibility index (Phi) is 4.28. The van der Waals surface area contributed by atoms with Crippen LogP contribution in [0, 0.1) is 6.54 Å². The Labute approximate surface area is 59.6 Å². The summed E-state index contributed by atoms with van der Waals surface area (Å²) in [7, 11) is 0. The maximum absolute atomic E-state index is 10.2. The predicted octanol–water partition coefficient (Wildman–Crippen LogP) is -0.153. The van der Waals surface area contributed by atoms with Gasteiger partial charge >= 0.3 is 5.97 Å². The first-order chi connectivity index (χ1) is 4.63. The van der Waals surface area contributed by atoms with E-state index in [1.807, 2.05) is 0 Å². The van der Waals surface area contributed by atoms with Crippen LogP contribution in [0.5, 0.6) is 0 Å². The van der Waals surface area contributed by atoms with E-state index in [1.165, 1.54) is 20.4 Å². The number of carbonyl (C=O) groups is 2. The summed E-state index contributed by atoms with van der Waals surface area (Å²) < 4.78 is 4.48. The molecule has 0 rings (SSSR count). The first-order valence-corrected chi connectivity index (χ1v) is 2.85. The van der Waals surface area contributed by atoms with Crippen LogP contribution in [0.4, 0.5) is 0 Å². The van der Waals surface area contributed by atoms with E-state index in [-0.39, 0.29) is 18.5 Å². The van der Waals surface area contributed by atoms with Gasteiger partial charge in [0.2, 0.25) is 5.91 Å². The lowest BCUT2D eigenvalue weighted by molar-refractivity contribution is -0.140. The molecule has 1 amide bonds. The van der Waals surface area contributed by atoms with Crippen molar-refractivity contribution in [3.8, 4) is 0 Å². The van der Waals surface area contributed by atoms with Crippen molar-refractivity contribution in [3.63, 3.8) is 0 Å². The van der Waals surface area contributed by atoms with Gasteiger partial charge in [-0.25, -0.2) is 0 Å². The minimum atomic E-state index is -0.360. The Morgan fingerprint density at radius 1 is 1.50 bits per heavy atom. The summed E-state index contributed by atoms with van der Waals surface area (Å²) in [5, 5.41) is 2.36. The molecule has 0 aromatic heterocycles. The molecule has 0 aromatic rings. The number of hydrogen-bond acceptors (Lipinski definition) is 3. The zero-order valence-electron chi connectivity index (χ0n) is 6.01. The molecule has 0 aliphatic rings. The molecule has 0 saturated heterocycles. The predicted molar refractivity (Wildman–Crippen MR) is 34.7 cm³/mol. The van der Waals surface area contributed by atoms with E-state index in [4.69, 9.17) is 0 Å². The van der Waals surface area contributed by atoms with Gasteiger partial charge in [-0.05, 0) is 0 Å². The van der Waals surface area contributed by atoms with Crippen LogP contribution in [0.2, 0.25) is 0 Å². The fourth-order valence-corrected chi connectivity index (χ4v) is 0.344. The third-order valence-corrected chi connectivity index (χ3v) is 0.675. The third-order valence-electron chi connectivity index (χ3n) is 0.675. The van der Waals surface area contributed by atoms with Gasteiger partial charge in [-0.3, -0.25) is 9.59 Å². The van der Waals surface area contributed by atoms with Crippen molar-refractivity contribution in [2.75, 3.05) is 6.61 Å². The molecule has 0 fully saturated rings. The van der Waals surface area contributed by atoms with Crippen molar-refractivity contribution >= 4 is 11.9 Å². The molecule has 0 aliphatic carbocycles. The van der Waals surface area contributed by atoms with Crippen LogP contribution in [0.1, 0.15) is 13.8 Å². The minimum absolute atomic E-state index is 0.120. The van der Waals surface area contributed by atoms with Crippen LogP contribution in [0.3, 0.4) is 0 Å². The van der Waals surface area contributed by atoms with Gasteiger partial charge in [0.15, 0.2) is 0 Å². The lowest BCUT2D eigenvalue weighted by Crippen LogP contribution is -2.19. The topological polar surface area (TPSA) is 55.4 Å². The molecule has 0 bridgehead atoms. The van der Waals surface area contributed by atoms with Crippen molar-refractivity contribution < 1.29 is 14.3 Å². The smallest absolute Gasteiger partial charge is 0.302 e. The van der Waals surface area contributed by atoms with E-state index >= 15 is 0 Å². The SMILES string of the molecule is CC(=O)N[CH]COC(C)=O. The van der Waals surface area contributed by atoms with Gasteiger partial charge in [0.05, 0.1) is 6.54 Å². The van der Waals surface area contributed by atoms with Gasteiger partial charge in [0.25, 0.3) is 0 Å². The van der Waals surface area contributed by atoms with Gasteiger partial charge in [0.1, 0.15) is 6.61 Å². The fourth-order valence-electron chi connectivity index (χ4n) is 0.344. The zero-order chi connectivity index (χ0) is 7.98. The standard InChI is InChI=1S/C6H10NO3/c1-5(8)7-3-4-10-6(2)9/h3H,4H2,1-2H3,(H,7,8). The highest BCUT2D eigenvalue weighted by Crippen LogP contribution is 1.77. The van der Waals surface area contributed by atoms with Gasteiger partial charge in [-0.1, -0.05) is 0 Å². The van der Waals surface area contributed by atoms with E-state index in [0.717, 1.165) is 0 Å². The average Bonchev–Trinajstić information content (AvgIpc) is 1.79. The molecule has 1 radical (unpaired) electrons. The molecule has 0 unspecified atom stereocenters. The molecule has 0 aliphatic heterocycles. The number of nitrogens with one attached hydrogen (secondary N) is 1. The van der Waals surface area contributed by atoms with E-state index in [1.54, 1.807) is 0 Å². The monoisotopic (exact) mass is 144 g/mol. The Balaban J connectivity index is 3.06. The van der Waals surface area contributed by atoms with Crippen molar-refractivity contribution in [3.05, 3.63) is 6.54 Å². The fraction of sp³-hybridized carbons (Fsp3) is 0.500. The summed E-state index contributed by atoms with van der Waals surface area (Å²) in [5.74, 6) is -0.534. The average molecular weight is 144 g/mol. The van der Waals surface area contributed by atoms with Crippen molar-refractivity contribution in [1.82, 2.24) is 5.32 Å². The molecular formula is C6H10NO3. The zero-order valence-corrected chi connectivity index (χ0v) is 6.01. The van der Waals surface area contributed by atoms with Gasteiger partial charge in [-0.2, -0.15) is 0 Å². The number of carbonyl (C=O) groups excluding carboxylic acids is 2. The first kappa shape index (κ1) is 8.94. The highest BCUT2D eigenvalue weighted by molar-refractivity contribution is 5.73. The van der Waals surface area contributed by atoms with Crippen LogP contribution in [-0.4, -0.2) is 18.5 Å². The Bertz CT molecular complexity index is 117. The van der Waals surface area contributed by atoms with Crippen LogP contribution in [0.25, 0.3) is 0 Å². The summed E-state index contributed by atoms with van der Waals surface area (Å²) in [6.45, 7) is 4.19. The molecule has 0 saturated carbocycles. The summed E-state index contributed by atoms with van der Waals surface area (Å²) in [6, 6.07) is 0. The largest absolute Gasteiger partial charge is 0.464 e. The van der Waals surface area contributed by atoms with E-state index < -0.39 is 0 Å². The molecule has 0 atom stereocenters. The number of amides is 1. The summed E-state index contributed by atoms with van der Waals surface area (Å²) in [5.41, 5.74) is 0. The minimum Gasteiger partial charge on any atom is -0.464 e. The highest BCUT2D eigenvalue weighted by Gasteiger charge is 1.93. The van der Waals surface area contributed by atoms with Crippen LogP contribution in [-0.2, 0) is 14.3 Å². The normalized spacial score (nSPS) is 8.60. The molecule has 57 valence electrons. The number of rotatable bonds is 3. The Morgan fingerprint density at radius 2 is 2.10 bits per heavy atom. The third kappa shape index (κ3) is 6.94. The second-order valence-corrected chi connectivity index (χ2v) is 1.71. The van der Waals surface area contributed by atoms with Crippen LogP contribution < -0.4 is 5.32 Å². The molecule has 0 spiro atoms. The van der Waals surface area contributed by atoms with Crippen molar-refractivity contribution in [1.29, 1.82) is 0 Å². The Morgan fingerprint density at radius 3 is 2.50 bits per heavy atom. The number of hydrogen-bond donors (Lipinski definition) is 1. The van der Waals surface area contributed by atoms with Crippen LogP contribution in [0.15, 0.2) is 0 Å². The van der Waals surface area contributed by atoms with Crippen LogP contribution >= 0.6 is 0 Å². The first-order valence-electron chi connectivity index (χ1n) is 2.85. The summed E-state index contributed by atoms with van der Waals surface area (Å²) in [4.78, 5) is 20.3. The second kappa shape index (κ2) is 4.78. The lowest BCUT2D eigenvalue weighted by atomic mass is 10.6. The number of ether oxygens (including phenoxy) is 1. The molecule has 4 nitrogen and oxygen atoms in total. The quantitative estimate of drug-likeness (QED) is 0.442. The van der Waals surface area contributed by atoms with E-state index in [0.29, 0.717) is 0 Å².